The van der Waals surface area contributed by atoms with E-state index in [0.717, 1.165) is 6.20 Å². The monoisotopic (exact) mass is 430 g/mol. The Morgan fingerprint density at radius 1 is 1.07 bits per heavy atom. The van der Waals surface area contributed by atoms with Gasteiger partial charge in [0, 0.05) is 24.5 Å². The Hall–Kier alpha value is -2.40. The first-order chi connectivity index (χ1) is 12.8. The average Bonchev–Trinajstić information content (AvgIpc) is 2.59. The zero-order valence-corrected chi connectivity index (χ0v) is 14.3. The number of benzene rings is 1. The fourth-order valence-corrected chi connectivity index (χ4v) is 2.31. The van der Waals surface area contributed by atoms with E-state index in [9.17, 15) is 40.6 Å². The van der Waals surface area contributed by atoms with Crippen LogP contribution in [0.3, 0.4) is 0 Å². The molecule has 2 aromatic rings. The quantitative estimate of drug-likeness (QED) is 0.722. The molecule has 1 amide bonds. The number of amides is 1. The number of pyridine rings is 1. The van der Waals surface area contributed by atoms with E-state index in [1.807, 2.05) is 0 Å². The van der Waals surface area contributed by atoms with Crippen LogP contribution in [-0.2, 0) is 23.1 Å². The van der Waals surface area contributed by atoms with Crippen molar-refractivity contribution in [3.05, 3.63) is 64.2 Å². The largest absolute Gasteiger partial charge is 0.430 e. The molecule has 2 rings (SSSR count). The van der Waals surface area contributed by atoms with Crippen molar-refractivity contribution < 1.29 is 40.6 Å². The van der Waals surface area contributed by atoms with Gasteiger partial charge in [-0.05, 0) is 23.8 Å². The van der Waals surface area contributed by atoms with Gasteiger partial charge in [0.1, 0.15) is 5.82 Å². The number of nitrogens with one attached hydrogen (secondary N) is 1. The minimum Gasteiger partial charge on any atom is -0.369 e. The number of halogens is 8. The number of carbonyl (C=O) groups is 1. The van der Waals surface area contributed by atoms with Crippen molar-refractivity contribution in [2.75, 3.05) is 0 Å². The van der Waals surface area contributed by atoms with Crippen LogP contribution in [0.25, 0.3) is 0 Å². The highest BCUT2D eigenvalue weighted by molar-refractivity contribution is 6.30. The molecule has 12 heteroatoms. The van der Waals surface area contributed by atoms with Crippen LogP contribution in [0.15, 0.2) is 36.7 Å². The van der Waals surface area contributed by atoms with E-state index >= 15 is 0 Å². The van der Waals surface area contributed by atoms with Gasteiger partial charge in [-0.1, -0.05) is 17.7 Å². The molecule has 0 fully saturated rings. The van der Waals surface area contributed by atoms with Crippen LogP contribution in [0.1, 0.15) is 16.7 Å². The van der Waals surface area contributed by atoms with Gasteiger partial charge in [-0.2, -0.15) is 26.3 Å². The summed E-state index contributed by atoms with van der Waals surface area (Å²) in [5.74, 6) is -3.32. The summed E-state index contributed by atoms with van der Waals surface area (Å²) in [6.45, 7) is -0.801. The van der Waals surface area contributed by atoms with Gasteiger partial charge in [0.05, 0.1) is 10.6 Å². The zero-order valence-electron chi connectivity index (χ0n) is 13.5. The summed E-state index contributed by atoms with van der Waals surface area (Å²) in [4.78, 5) is 15.4. The van der Waals surface area contributed by atoms with Crippen molar-refractivity contribution in [1.82, 2.24) is 10.3 Å². The Morgan fingerprint density at radius 3 is 2.25 bits per heavy atom. The van der Waals surface area contributed by atoms with Crippen molar-refractivity contribution in [2.45, 2.75) is 24.5 Å². The summed E-state index contributed by atoms with van der Waals surface area (Å²) < 4.78 is 91.6. The number of rotatable bonds is 4. The van der Waals surface area contributed by atoms with Crippen LogP contribution in [-0.4, -0.2) is 22.2 Å². The maximum absolute atomic E-state index is 13.5. The van der Waals surface area contributed by atoms with Gasteiger partial charge in [-0.3, -0.25) is 9.78 Å². The summed E-state index contributed by atoms with van der Waals surface area (Å²) in [7, 11) is 0. The van der Waals surface area contributed by atoms with Gasteiger partial charge in [0.25, 0.3) is 11.5 Å². The van der Waals surface area contributed by atoms with Gasteiger partial charge < -0.3 is 10.4 Å². The molecule has 0 aliphatic carbocycles. The molecule has 0 bridgehead atoms. The molecular formula is C16H10ClF7N2O2. The molecule has 1 atom stereocenters. The van der Waals surface area contributed by atoms with E-state index in [-0.39, 0.29) is 11.6 Å². The van der Waals surface area contributed by atoms with Crippen molar-refractivity contribution in [1.29, 1.82) is 0 Å². The van der Waals surface area contributed by atoms with Gasteiger partial charge >= 0.3 is 12.4 Å². The van der Waals surface area contributed by atoms with Crippen molar-refractivity contribution in [2.24, 2.45) is 0 Å². The van der Waals surface area contributed by atoms with Crippen molar-refractivity contribution >= 4 is 17.5 Å². The van der Waals surface area contributed by atoms with Gasteiger partial charge in [-0.25, -0.2) is 4.39 Å². The van der Waals surface area contributed by atoms with Crippen molar-refractivity contribution in [3.63, 3.8) is 0 Å². The molecule has 0 saturated carbocycles. The predicted octanol–water partition coefficient (Wildman–Crippen LogP) is 3.96. The molecule has 0 aliphatic rings. The van der Waals surface area contributed by atoms with Crippen molar-refractivity contribution in [3.8, 4) is 0 Å². The minimum absolute atomic E-state index is 0.237. The molecule has 1 aromatic carbocycles. The topological polar surface area (TPSA) is 62.2 Å². The molecule has 4 nitrogen and oxygen atoms in total. The summed E-state index contributed by atoms with van der Waals surface area (Å²) in [5, 5.41) is 11.2. The van der Waals surface area contributed by atoms with Crippen LogP contribution < -0.4 is 5.32 Å². The van der Waals surface area contributed by atoms with E-state index in [2.05, 4.69) is 4.98 Å². The second kappa shape index (κ2) is 7.55. The molecule has 1 heterocycles. The fraction of sp³-hybridized carbons (Fsp3) is 0.250. The average molecular weight is 431 g/mol. The predicted molar refractivity (Wildman–Crippen MR) is 82.4 cm³/mol. The first-order valence-corrected chi connectivity index (χ1v) is 7.68. The highest BCUT2D eigenvalue weighted by Gasteiger charge is 2.60. The van der Waals surface area contributed by atoms with E-state index in [0.29, 0.717) is 24.4 Å². The van der Waals surface area contributed by atoms with Crippen LogP contribution >= 0.6 is 11.6 Å². The SMILES string of the molecule is O=C(NCc1cncc(C(F)(F)F)c1)[C@](O)(c1ccc(Cl)c(F)c1)C(F)(F)F. The summed E-state index contributed by atoms with van der Waals surface area (Å²) in [6.07, 6.45) is -8.93. The highest BCUT2D eigenvalue weighted by atomic mass is 35.5. The van der Waals surface area contributed by atoms with E-state index < -0.39 is 52.4 Å². The normalized spacial score (nSPS) is 14.5. The third kappa shape index (κ3) is 4.36. The highest BCUT2D eigenvalue weighted by Crippen LogP contribution is 2.40. The number of aromatic nitrogens is 1. The molecule has 1 aromatic heterocycles. The lowest BCUT2D eigenvalue weighted by Crippen LogP contribution is -2.54. The summed E-state index contributed by atoms with van der Waals surface area (Å²) >= 11 is 5.38. The molecule has 0 unspecified atom stereocenters. The number of alkyl halides is 6. The summed E-state index contributed by atoms with van der Waals surface area (Å²) in [5.41, 5.74) is -6.75. The first kappa shape index (κ1) is 21.9. The molecule has 0 aliphatic heterocycles. The van der Waals surface area contributed by atoms with E-state index in [1.54, 1.807) is 5.32 Å². The number of nitrogens with zero attached hydrogens (tertiary/aromatic N) is 1. The van der Waals surface area contributed by atoms with Crippen LogP contribution in [0.4, 0.5) is 30.7 Å². The molecule has 28 heavy (non-hydrogen) atoms. The Kier molecular flexibility index (Phi) is 5.90. The number of carbonyl (C=O) groups excluding carboxylic acids is 1. The standard InChI is InChI=1S/C16H10ClF7N2O2/c17-11-2-1-9(4-12(11)18)14(28,16(22,23)24)13(27)26-6-8-3-10(7-25-5-8)15(19,20)21/h1-5,7,28H,6H2,(H,26,27)/t14-/m1/s1. The Bertz CT molecular complexity index is 886. The molecule has 0 saturated heterocycles. The Balaban J connectivity index is 2.31. The van der Waals surface area contributed by atoms with E-state index in [4.69, 9.17) is 11.6 Å². The fourth-order valence-electron chi connectivity index (χ4n) is 2.19. The second-order valence-corrected chi connectivity index (χ2v) is 6.01. The first-order valence-electron chi connectivity index (χ1n) is 7.31. The molecule has 0 spiro atoms. The number of aliphatic hydroxyl groups is 1. The smallest absolute Gasteiger partial charge is 0.369 e. The Morgan fingerprint density at radius 2 is 1.71 bits per heavy atom. The lowest BCUT2D eigenvalue weighted by atomic mass is 9.91. The molecule has 152 valence electrons. The number of hydrogen-bond donors (Lipinski definition) is 2. The third-order valence-corrected chi connectivity index (χ3v) is 3.96. The van der Waals surface area contributed by atoms with E-state index in [1.165, 1.54) is 0 Å². The minimum atomic E-state index is -5.57. The lowest BCUT2D eigenvalue weighted by Gasteiger charge is -2.29. The number of hydrogen-bond acceptors (Lipinski definition) is 3. The van der Waals surface area contributed by atoms with Crippen LogP contribution in [0.5, 0.6) is 0 Å². The molecule has 0 radical (unpaired) electrons. The molecule has 2 N–H and O–H groups in total. The zero-order chi connectivity index (χ0) is 21.3. The third-order valence-electron chi connectivity index (χ3n) is 3.65. The summed E-state index contributed by atoms with van der Waals surface area (Å²) in [6, 6.07) is 2.13. The van der Waals surface area contributed by atoms with Gasteiger partial charge in [0.15, 0.2) is 0 Å². The Labute approximate surface area is 158 Å². The maximum Gasteiger partial charge on any atom is 0.430 e. The van der Waals surface area contributed by atoms with Crippen LogP contribution in [0.2, 0.25) is 5.02 Å². The lowest BCUT2D eigenvalue weighted by molar-refractivity contribution is -0.257. The van der Waals surface area contributed by atoms with Gasteiger partial charge in [-0.15, -0.1) is 0 Å². The second-order valence-electron chi connectivity index (χ2n) is 5.60. The maximum atomic E-state index is 13.5. The van der Waals surface area contributed by atoms with Crippen LogP contribution in [0, 0.1) is 5.82 Å². The van der Waals surface area contributed by atoms with Gasteiger partial charge in [0.2, 0.25) is 0 Å². The molecular weight excluding hydrogens is 421 g/mol.